The average Bonchev–Trinajstić information content (AvgIpc) is 2.79. The number of rotatable bonds is 6. The number of benzene rings is 3. The van der Waals surface area contributed by atoms with Crippen LogP contribution in [0.4, 0.5) is 0 Å². The summed E-state index contributed by atoms with van der Waals surface area (Å²) in [5.74, 6) is 0.360. The van der Waals surface area contributed by atoms with Crippen molar-refractivity contribution >= 4 is 7.82 Å². The smallest absolute Gasteiger partial charge is 0.404 e. The molecule has 0 saturated heterocycles. The summed E-state index contributed by atoms with van der Waals surface area (Å²) >= 11 is 0. The Labute approximate surface area is 215 Å². The molecular formula is C31H37O4P. The molecule has 36 heavy (non-hydrogen) atoms. The lowest BCUT2D eigenvalue weighted by molar-refractivity contribution is 0.0284. The minimum atomic E-state index is -4.51. The van der Waals surface area contributed by atoms with Crippen LogP contribution in [-0.4, -0.2) is 11.0 Å². The first-order valence-corrected chi connectivity index (χ1v) is 13.9. The minimum absolute atomic E-state index is 0.360. The van der Waals surface area contributed by atoms with E-state index in [2.05, 4.69) is 65.0 Å². The third kappa shape index (κ3) is 4.95. The molecule has 0 spiro atoms. The van der Waals surface area contributed by atoms with Gasteiger partial charge in [0, 0.05) is 10.8 Å². The molecule has 1 N–H and O–H groups in total. The normalized spacial score (nSPS) is 25.7. The number of phosphoric acid groups is 1. The van der Waals surface area contributed by atoms with Crippen LogP contribution in [-0.2, 0) is 19.9 Å². The Morgan fingerprint density at radius 2 is 1.42 bits per heavy atom. The quantitative estimate of drug-likeness (QED) is 0.273. The molecule has 1 aliphatic rings. The zero-order chi connectivity index (χ0) is 26.3. The van der Waals surface area contributed by atoms with Gasteiger partial charge in [0.15, 0.2) is 0 Å². The Balaban J connectivity index is 1.89. The van der Waals surface area contributed by atoms with Crippen molar-refractivity contribution in [2.75, 3.05) is 0 Å². The second-order valence-electron chi connectivity index (χ2n) is 10.8. The molecule has 5 heteroatoms. The van der Waals surface area contributed by atoms with Crippen LogP contribution in [0, 0.1) is 27.7 Å². The highest BCUT2D eigenvalue weighted by atomic mass is 31.2. The van der Waals surface area contributed by atoms with Crippen LogP contribution < -0.4 is 4.52 Å². The fraction of sp³-hybridized carbons (Fsp3) is 0.355. The fourth-order valence-electron chi connectivity index (χ4n) is 6.13. The maximum atomic E-state index is 13.7. The van der Waals surface area contributed by atoms with Gasteiger partial charge < -0.3 is 4.52 Å². The lowest BCUT2D eigenvalue weighted by atomic mass is 9.57. The Hall–Kier alpha value is -2.65. The SMILES string of the molecule is CC1=CC(C)(c2ccccc2C)C(OP(=O)(O)Oc2cc(C)ccc2C)C(C)(c2ccccc2C)C1. The summed E-state index contributed by atoms with van der Waals surface area (Å²) in [6, 6.07) is 22.0. The largest absolute Gasteiger partial charge is 0.527 e. The predicted molar refractivity (Wildman–Crippen MR) is 147 cm³/mol. The van der Waals surface area contributed by atoms with Gasteiger partial charge in [0.1, 0.15) is 5.75 Å². The molecule has 3 aromatic carbocycles. The lowest BCUT2D eigenvalue weighted by Crippen LogP contribution is -2.53. The topological polar surface area (TPSA) is 55.8 Å². The highest BCUT2D eigenvalue weighted by Gasteiger charge is 2.54. The van der Waals surface area contributed by atoms with E-state index in [4.69, 9.17) is 9.05 Å². The molecule has 0 fully saturated rings. The van der Waals surface area contributed by atoms with Gasteiger partial charge in [-0.15, -0.1) is 0 Å². The third-order valence-electron chi connectivity index (χ3n) is 7.60. The summed E-state index contributed by atoms with van der Waals surface area (Å²) in [6.45, 7) is 14.3. The van der Waals surface area contributed by atoms with Gasteiger partial charge in [-0.25, -0.2) is 4.57 Å². The van der Waals surface area contributed by atoms with E-state index in [1.807, 2.05) is 50.2 Å². The van der Waals surface area contributed by atoms with E-state index in [0.29, 0.717) is 12.2 Å². The van der Waals surface area contributed by atoms with Crippen LogP contribution >= 0.6 is 7.82 Å². The zero-order valence-electron chi connectivity index (χ0n) is 22.3. The van der Waals surface area contributed by atoms with Crippen molar-refractivity contribution in [3.63, 3.8) is 0 Å². The van der Waals surface area contributed by atoms with Crippen molar-refractivity contribution in [2.24, 2.45) is 0 Å². The fourth-order valence-corrected chi connectivity index (χ4v) is 7.34. The Bertz CT molecular complexity index is 1360. The number of allylic oxidation sites excluding steroid dienone is 1. The van der Waals surface area contributed by atoms with Crippen LogP contribution in [0.15, 0.2) is 78.4 Å². The molecule has 4 atom stereocenters. The Kier molecular flexibility index (Phi) is 7.09. The molecule has 0 amide bonds. The van der Waals surface area contributed by atoms with Gasteiger partial charge in [-0.1, -0.05) is 79.2 Å². The second-order valence-corrected chi connectivity index (χ2v) is 12.1. The molecule has 0 aromatic heterocycles. The van der Waals surface area contributed by atoms with Crippen molar-refractivity contribution in [1.82, 2.24) is 0 Å². The van der Waals surface area contributed by atoms with Gasteiger partial charge in [-0.3, -0.25) is 9.42 Å². The molecule has 4 nitrogen and oxygen atoms in total. The van der Waals surface area contributed by atoms with E-state index in [-0.39, 0.29) is 0 Å². The van der Waals surface area contributed by atoms with Gasteiger partial charge in [0.2, 0.25) is 0 Å². The van der Waals surface area contributed by atoms with E-state index in [0.717, 1.165) is 33.4 Å². The number of aryl methyl sites for hydroxylation is 4. The first-order valence-electron chi connectivity index (χ1n) is 12.4. The molecule has 0 aliphatic heterocycles. The summed E-state index contributed by atoms with van der Waals surface area (Å²) in [5.41, 5.74) is 6.10. The number of hydrogen-bond acceptors (Lipinski definition) is 3. The van der Waals surface area contributed by atoms with Crippen LogP contribution in [0.5, 0.6) is 5.75 Å². The van der Waals surface area contributed by atoms with Crippen molar-refractivity contribution < 1.29 is 18.5 Å². The van der Waals surface area contributed by atoms with Crippen molar-refractivity contribution in [1.29, 1.82) is 0 Å². The van der Waals surface area contributed by atoms with E-state index in [9.17, 15) is 9.46 Å². The molecule has 1 aliphatic carbocycles. The van der Waals surface area contributed by atoms with Gasteiger partial charge >= 0.3 is 7.82 Å². The maximum absolute atomic E-state index is 13.7. The number of phosphoric ester groups is 1. The monoisotopic (exact) mass is 504 g/mol. The predicted octanol–water partition coefficient (Wildman–Crippen LogP) is 8.05. The molecule has 4 unspecified atom stereocenters. The Morgan fingerprint density at radius 1 is 0.833 bits per heavy atom. The highest BCUT2D eigenvalue weighted by Crippen LogP contribution is 2.57. The first kappa shape index (κ1) is 26.4. The molecular weight excluding hydrogens is 467 g/mol. The summed E-state index contributed by atoms with van der Waals surface area (Å²) in [4.78, 5) is 11.2. The van der Waals surface area contributed by atoms with Gasteiger partial charge in [-0.2, -0.15) is 0 Å². The molecule has 190 valence electrons. The van der Waals surface area contributed by atoms with Gasteiger partial charge in [0.05, 0.1) is 6.10 Å². The van der Waals surface area contributed by atoms with E-state index >= 15 is 0 Å². The molecule has 4 rings (SSSR count). The maximum Gasteiger partial charge on any atom is 0.527 e. The van der Waals surface area contributed by atoms with Crippen molar-refractivity contribution in [3.05, 3.63) is 112 Å². The summed E-state index contributed by atoms with van der Waals surface area (Å²) in [7, 11) is -4.51. The van der Waals surface area contributed by atoms with Gasteiger partial charge in [0.25, 0.3) is 0 Å². The summed E-state index contributed by atoms with van der Waals surface area (Å²) < 4.78 is 25.7. The molecule has 0 heterocycles. The molecule has 0 bridgehead atoms. The first-order chi connectivity index (χ1) is 16.9. The zero-order valence-corrected chi connectivity index (χ0v) is 23.2. The standard InChI is InChI=1S/C31H37O4P/c1-21-16-17-25(5)28(18-21)34-36(32,33)35-29-30(6,26-14-10-8-12-23(26)3)19-22(2)20-31(29,7)27-15-11-9-13-24(27)4/h8-19,29H,20H2,1-7H3,(H,32,33). The molecule has 3 aromatic rings. The average molecular weight is 505 g/mol. The summed E-state index contributed by atoms with van der Waals surface area (Å²) in [6.07, 6.45) is 2.24. The van der Waals surface area contributed by atoms with E-state index < -0.39 is 24.8 Å². The van der Waals surface area contributed by atoms with Crippen LogP contribution in [0.25, 0.3) is 0 Å². The Morgan fingerprint density at radius 3 is 2.03 bits per heavy atom. The molecule has 0 radical (unpaired) electrons. The van der Waals surface area contributed by atoms with Crippen LogP contribution in [0.2, 0.25) is 0 Å². The van der Waals surface area contributed by atoms with Crippen LogP contribution in [0.3, 0.4) is 0 Å². The van der Waals surface area contributed by atoms with Gasteiger partial charge in [-0.05, 0) is 87.4 Å². The van der Waals surface area contributed by atoms with Crippen molar-refractivity contribution in [3.8, 4) is 5.75 Å². The minimum Gasteiger partial charge on any atom is -0.404 e. The van der Waals surface area contributed by atoms with E-state index in [1.54, 1.807) is 6.07 Å². The summed E-state index contributed by atoms with van der Waals surface area (Å²) in [5, 5.41) is 0. The highest BCUT2D eigenvalue weighted by molar-refractivity contribution is 7.47. The van der Waals surface area contributed by atoms with Crippen LogP contribution in [0.1, 0.15) is 60.6 Å². The van der Waals surface area contributed by atoms with E-state index in [1.165, 1.54) is 5.57 Å². The third-order valence-corrected chi connectivity index (χ3v) is 8.50. The lowest BCUT2D eigenvalue weighted by Gasteiger charge is -2.51. The molecule has 0 saturated carbocycles. The second kappa shape index (κ2) is 9.67. The number of hydrogen-bond donors (Lipinski definition) is 1. The van der Waals surface area contributed by atoms with Crippen molar-refractivity contribution in [2.45, 2.75) is 71.8 Å².